The van der Waals surface area contributed by atoms with E-state index >= 15 is 0 Å². The number of carbonyl (C=O) groups excluding carboxylic acids is 2. The van der Waals surface area contributed by atoms with Crippen molar-refractivity contribution in [1.29, 1.82) is 0 Å². The molecule has 0 N–H and O–H groups in total. The molecule has 0 saturated carbocycles. The molecule has 0 aliphatic carbocycles. The van der Waals surface area contributed by atoms with Gasteiger partial charge in [-0.05, 0) is 93.5 Å². The van der Waals surface area contributed by atoms with Gasteiger partial charge in [-0.25, -0.2) is 14.4 Å². The summed E-state index contributed by atoms with van der Waals surface area (Å²) in [7, 11) is 1.41. The second-order valence-electron chi connectivity index (χ2n) is 12.5. The molecule has 1 amide bonds. The molecule has 1 heterocycles. The van der Waals surface area contributed by atoms with Crippen LogP contribution in [0.25, 0.3) is 16.0 Å². The highest BCUT2D eigenvalue weighted by Crippen LogP contribution is 2.28. The van der Waals surface area contributed by atoms with E-state index in [0.29, 0.717) is 30.3 Å². The van der Waals surface area contributed by atoms with Crippen molar-refractivity contribution in [2.75, 3.05) is 33.3 Å². The topological polar surface area (TPSA) is 63.4 Å². The predicted molar refractivity (Wildman–Crippen MR) is 169 cm³/mol. The number of rotatable bonds is 13. The van der Waals surface area contributed by atoms with Gasteiger partial charge < -0.3 is 14.4 Å². The van der Waals surface area contributed by atoms with Crippen molar-refractivity contribution in [2.24, 2.45) is 5.92 Å². The maximum atomic E-state index is 12.6. The molecule has 0 unspecified atom stereocenters. The van der Waals surface area contributed by atoms with Gasteiger partial charge in [0.1, 0.15) is 5.60 Å². The van der Waals surface area contributed by atoms with Crippen molar-refractivity contribution in [1.82, 2.24) is 9.80 Å². The van der Waals surface area contributed by atoms with Crippen LogP contribution >= 0.6 is 0 Å². The quantitative estimate of drug-likeness (QED) is 0.136. The van der Waals surface area contributed by atoms with E-state index in [-0.39, 0.29) is 12.1 Å². The second kappa shape index (κ2) is 16.3. The van der Waals surface area contributed by atoms with Crippen molar-refractivity contribution < 1.29 is 19.1 Å². The number of nitrogens with zero attached hydrogens (tertiary/aromatic N) is 3. The predicted octanol–water partition coefficient (Wildman–Crippen LogP) is 8.50. The van der Waals surface area contributed by atoms with Crippen LogP contribution in [0.5, 0.6) is 0 Å². The van der Waals surface area contributed by atoms with Crippen LogP contribution < -0.4 is 0 Å². The van der Waals surface area contributed by atoms with Gasteiger partial charge in [0.2, 0.25) is 0 Å². The Balaban J connectivity index is 1.76. The molecule has 7 nitrogen and oxygen atoms in total. The van der Waals surface area contributed by atoms with E-state index in [0.717, 1.165) is 55.6 Å². The summed E-state index contributed by atoms with van der Waals surface area (Å²) in [5.41, 5.74) is 3.47. The van der Waals surface area contributed by atoms with Crippen LogP contribution in [-0.4, -0.2) is 60.8 Å². The third-order valence-electron chi connectivity index (χ3n) is 7.74. The van der Waals surface area contributed by atoms with Gasteiger partial charge in [-0.3, -0.25) is 4.90 Å². The lowest BCUT2D eigenvalue weighted by Gasteiger charge is -2.35. The van der Waals surface area contributed by atoms with Gasteiger partial charge in [0, 0.05) is 26.2 Å². The summed E-state index contributed by atoms with van der Waals surface area (Å²) in [6.45, 7) is 19.4. The fourth-order valence-corrected chi connectivity index (χ4v) is 5.54. The first kappa shape index (κ1) is 33.1. The molecule has 228 valence electrons. The van der Waals surface area contributed by atoms with Gasteiger partial charge in [-0.15, -0.1) is 0 Å². The number of hydrogen-bond donors (Lipinski definition) is 0. The summed E-state index contributed by atoms with van der Waals surface area (Å²) in [6, 6.07) is 13.4. The maximum absolute atomic E-state index is 12.6. The first-order valence-electron chi connectivity index (χ1n) is 15.5. The highest BCUT2D eigenvalue weighted by molar-refractivity contribution is 5.91. The SMILES string of the molecule is [C-]#[N+]c1cccc(-c2cc(CN(CCCCCCCC)CC3CCN(C(=O)OC(C)(C)C)CC3)cc(C(=O)OC)c2)c1. The minimum Gasteiger partial charge on any atom is -0.465 e. The smallest absolute Gasteiger partial charge is 0.410 e. The molecule has 1 aliphatic rings. The van der Waals surface area contributed by atoms with E-state index in [2.05, 4.69) is 22.7 Å². The summed E-state index contributed by atoms with van der Waals surface area (Å²) in [4.78, 5) is 33.1. The monoisotopic (exact) mass is 575 g/mol. The zero-order chi connectivity index (χ0) is 30.5. The Morgan fingerprint density at radius 1 is 1.00 bits per heavy atom. The lowest BCUT2D eigenvalue weighted by atomic mass is 9.95. The van der Waals surface area contributed by atoms with Crippen molar-refractivity contribution >= 4 is 17.7 Å². The zero-order valence-corrected chi connectivity index (χ0v) is 26.3. The van der Waals surface area contributed by atoms with E-state index in [1.165, 1.54) is 39.2 Å². The number of methoxy groups -OCH3 is 1. The molecule has 3 rings (SSSR count). The largest absolute Gasteiger partial charge is 0.465 e. The molecule has 1 saturated heterocycles. The van der Waals surface area contributed by atoms with Gasteiger partial charge in [0.15, 0.2) is 5.69 Å². The summed E-state index contributed by atoms with van der Waals surface area (Å²) < 4.78 is 10.7. The Hall–Kier alpha value is -3.37. The molecule has 1 aliphatic heterocycles. The van der Waals surface area contributed by atoms with E-state index < -0.39 is 5.60 Å². The zero-order valence-electron chi connectivity index (χ0n) is 26.3. The molecule has 2 aromatic rings. The maximum Gasteiger partial charge on any atom is 0.410 e. The summed E-state index contributed by atoms with van der Waals surface area (Å²) in [6.07, 6.45) is 9.10. The number of hydrogen-bond acceptors (Lipinski definition) is 5. The molecule has 0 bridgehead atoms. The van der Waals surface area contributed by atoms with Crippen LogP contribution in [0.1, 0.15) is 95.0 Å². The van der Waals surface area contributed by atoms with E-state index in [1.54, 1.807) is 6.07 Å². The van der Waals surface area contributed by atoms with E-state index in [9.17, 15) is 9.59 Å². The fourth-order valence-electron chi connectivity index (χ4n) is 5.54. The van der Waals surface area contributed by atoms with Crippen LogP contribution in [0.4, 0.5) is 10.5 Å². The Kier molecular flexibility index (Phi) is 12.9. The van der Waals surface area contributed by atoms with Crippen LogP contribution in [0.2, 0.25) is 0 Å². The Morgan fingerprint density at radius 3 is 2.38 bits per heavy atom. The third-order valence-corrected chi connectivity index (χ3v) is 7.74. The standard InChI is InChI=1S/C35H49N3O4/c1-7-8-9-10-11-12-18-37(25-27-16-19-38(20-17-27)34(40)42-35(2,3)4)26-28-21-30(23-31(22-28)33(39)41-6)29-14-13-15-32(24-29)36-5/h13-15,21-24,27H,7-12,16-20,25-26H2,1-4,6H3. The Labute approximate surface area is 253 Å². The summed E-state index contributed by atoms with van der Waals surface area (Å²) >= 11 is 0. The molecular weight excluding hydrogens is 526 g/mol. The van der Waals surface area contributed by atoms with Crippen LogP contribution in [0.15, 0.2) is 42.5 Å². The first-order chi connectivity index (χ1) is 20.1. The number of likely N-dealkylation sites (tertiary alicyclic amines) is 1. The summed E-state index contributed by atoms with van der Waals surface area (Å²) in [5, 5.41) is 0. The molecule has 42 heavy (non-hydrogen) atoms. The van der Waals surface area contributed by atoms with Gasteiger partial charge >= 0.3 is 12.1 Å². The van der Waals surface area contributed by atoms with Crippen LogP contribution in [0, 0.1) is 12.5 Å². The average Bonchev–Trinajstić information content (AvgIpc) is 2.97. The third kappa shape index (κ3) is 10.8. The van der Waals surface area contributed by atoms with Crippen LogP contribution in [-0.2, 0) is 16.0 Å². The van der Waals surface area contributed by atoms with Gasteiger partial charge in [0.25, 0.3) is 0 Å². The minimum atomic E-state index is -0.489. The average molecular weight is 576 g/mol. The van der Waals surface area contributed by atoms with Crippen LogP contribution in [0.3, 0.4) is 0 Å². The molecular formula is C35H49N3O4. The highest BCUT2D eigenvalue weighted by Gasteiger charge is 2.28. The van der Waals surface area contributed by atoms with Gasteiger partial charge in [-0.1, -0.05) is 57.2 Å². The molecule has 0 radical (unpaired) electrons. The number of unbranched alkanes of at least 4 members (excludes halogenated alkanes) is 5. The van der Waals surface area contributed by atoms with Gasteiger partial charge in [0.05, 0.1) is 19.2 Å². The number of carbonyl (C=O) groups is 2. The highest BCUT2D eigenvalue weighted by atomic mass is 16.6. The fraction of sp³-hybridized carbons (Fsp3) is 0.571. The molecule has 0 aromatic heterocycles. The van der Waals surface area contributed by atoms with Crippen molar-refractivity contribution in [3.05, 3.63) is 65.0 Å². The van der Waals surface area contributed by atoms with E-state index in [1.807, 2.05) is 56.0 Å². The second-order valence-corrected chi connectivity index (χ2v) is 12.5. The normalized spacial score (nSPS) is 14.1. The number of amides is 1. The molecule has 7 heteroatoms. The lowest BCUT2D eigenvalue weighted by Crippen LogP contribution is -2.43. The molecule has 0 spiro atoms. The Morgan fingerprint density at radius 2 is 1.71 bits per heavy atom. The number of esters is 1. The number of benzene rings is 2. The lowest BCUT2D eigenvalue weighted by molar-refractivity contribution is 0.0168. The molecule has 2 aromatic carbocycles. The number of piperidine rings is 1. The minimum absolute atomic E-state index is 0.223. The van der Waals surface area contributed by atoms with Crippen molar-refractivity contribution in [2.45, 2.75) is 91.2 Å². The number of ether oxygens (including phenoxy) is 2. The Bertz CT molecular complexity index is 1210. The van der Waals surface area contributed by atoms with E-state index in [4.69, 9.17) is 16.0 Å². The summed E-state index contributed by atoms with van der Waals surface area (Å²) in [5.74, 6) is 0.124. The molecule has 1 fully saturated rings. The van der Waals surface area contributed by atoms with Crippen molar-refractivity contribution in [3.8, 4) is 11.1 Å². The molecule has 0 atom stereocenters. The van der Waals surface area contributed by atoms with Gasteiger partial charge in [-0.2, -0.15) is 0 Å². The van der Waals surface area contributed by atoms with Crippen molar-refractivity contribution in [3.63, 3.8) is 0 Å². The first-order valence-corrected chi connectivity index (χ1v) is 15.5.